The Morgan fingerprint density at radius 2 is 1.79 bits per heavy atom. The number of benzene rings is 3. The highest BCUT2D eigenvalue weighted by atomic mass is 35.5. The third-order valence-corrected chi connectivity index (χ3v) is 5.36. The minimum absolute atomic E-state index is 0.172. The number of imide groups is 1. The third-order valence-electron chi connectivity index (χ3n) is 5.13. The maximum absolute atomic E-state index is 13.2. The van der Waals surface area contributed by atoms with Gasteiger partial charge in [0.05, 0.1) is 13.7 Å². The van der Waals surface area contributed by atoms with Gasteiger partial charge in [-0.1, -0.05) is 41.9 Å². The van der Waals surface area contributed by atoms with Crippen LogP contribution in [0.3, 0.4) is 0 Å². The first-order valence-corrected chi connectivity index (χ1v) is 9.25. The molecule has 0 spiro atoms. The molecule has 3 aromatic rings. The largest absolute Gasteiger partial charge is 0.497 e. The van der Waals surface area contributed by atoms with Crippen molar-refractivity contribution in [3.63, 3.8) is 0 Å². The van der Waals surface area contributed by atoms with Crippen LogP contribution < -0.4 is 10.1 Å². The molecule has 0 unspecified atom stereocenters. The number of nitrogens with one attached hydrogen (secondary N) is 1. The van der Waals surface area contributed by atoms with Gasteiger partial charge >= 0.3 is 6.03 Å². The number of urea groups is 1. The topological polar surface area (TPSA) is 58.6 Å². The van der Waals surface area contributed by atoms with Crippen molar-refractivity contribution in [2.75, 3.05) is 7.11 Å². The molecule has 28 heavy (non-hydrogen) atoms. The van der Waals surface area contributed by atoms with Crippen molar-refractivity contribution < 1.29 is 14.3 Å². The summed E-state index contributed by atoms with van der Waals surface area (Å²) < 4.78 is 5.26. The molecule has 1 saturated heterocycles. The quantitative estimate of drug-likeness (QED) is 0.664. The Hall–Kier alpha value is -3.05. The fraction of sp³-hybridized carbons (Fsp3) is 0.182. The monoisotopic (exact) mass is 394 g/mol. The van der Waals surface area contributed by atoms with Crippen LogP contribution in [0.1, 0.15) is 18.1 Å². The van der Waals surface area contributed by atoms with Gasteiger partial charge < -0.3 is 10.1 Å². The first-order chi connectivity index (χ1) is 13.4. The minimum Gasteiger partial charge on any atom is -0.497 e. The van der Waals surface area contributed by atoms with Gasteiger partial charge in [-0.2, -0.15) is 0 Å². The number of halogens is 1. The van der Waals surface area contributed by atoms with Crippen molar-refractivity contribution in [2.45, 2.75) is 19.0 Å². The number of hydrogen-bond acceptors (Lipinski definition) is 3. The summed E-state index contributed by atoms with van der Waals surface area (Å²) in [5.41, 5.74) is 0.409. The molecule has 0 aliphatic carbocycles. The van der Waals surface area contributed by atoms with Crippen LogP contribution in [0.15, 0.2) is 60.7 Å². The van der Waals surface area contributed by atoms with Crippen LogP contribution in [0.4, 0.5) is 4.79 Å². The molecule has 1 heterocycles. The molecule has 5 nitrogen and oxygen atoms in total. The van der Waals surface area contributed by atoms with Gasteiger partial charge in [-0.25, -0.2) is 4.79 Å². The highest BCUT2D eigenvalue weighted by molar-refractivity contribution is 6.30. The van der Waals surface area contributed by atoms with Crippen molar-refractivity contribution in [1.29, 1.82) is 0 Å². The molecule has 3 aromatic carbocycles. The van der Waals surface area contributed by atoms with Crippen molar-refractivity contribution in [2.24, 2.45) is 0 Å². The average Bonchev–Trinajstić information content (AvgIpc) is 2.91. The number of rotatable bonds is 4. The SMILES string of the molecule is COc1ccc2cc([C@]3(C)NC(=O)N(Cc4cccc(Cl)c4)C3=O)ccc2c1. The Morgan fingerprint density at radius 3 is 2.54 bits per heavy atom. The molecule has 1 N–H and O–H groups in total. The molecule has 3 amide bonds. The normalized spacial score (nSPS) is 19.2. The lowest BCUT2D eigenvalue weighted by atomic mass is 9.90. The van der Waals surface area contributed by atoms with E-state index in [1.807, 2.05) is 42.5 Å². The molecule has 0 aromatic heterocycles. The molecular weight excluding hydrogens is 376 g/mol. The van der Waals surface area contributed by atoms with Gasteiger partial charge in [0.15, 0.2) is 0 Å². The molecule has 1 aliphatic heterocycles. The highest BCUT2D eigenvalue weighted by Gasteiger charge is 2.48. The highest BCUT2D eigenvalue weighted by Crippen LogP contribution is 2.32. The summed E-state index contributed by atoms with van der Waals surface area (Å²) in [6, 6.07) is 18.2. The smallest absolute Gasteiger partial charge is 0.325 e. The lowest BCUT2D eigenvalue weighted by Gasteiger charge is -2.23. The van der Waals surface area contributed by atoms with Gasteiger partial charge in [0, 0.05) is 5.02 Å². The second-order valence-corrected chi connectivity index (χ2v) is 7.44. The third kappa shape index (κ3) is 3.08. The van der Waals surface area contributed by atoms with Crippen molar-refractivity contribution in [1.82, 2.24) is 10.2 Å². The lowest BCUT2D eigenvalue weighted by Crippen LogP contribution is -2.40. The van der Waals surface area contributed by atoms with Gasteiger partial charge in [-0.05, 0) is 59.2 Å². The molecule has 1 atom stereocenters. The maximum Gasteiger partial charge on any atom is 0.325 e. The average molecular weight is 395 g/mol. The summed E-state index contributed by atoms with van der Waals surface area (Å²) in [4.78, 5) is 26.9. The van der Waals surface area contributed by atoms with E-state index < -0.39 is 11.6 Å². The van der Waals surface area contributed by atoms with Crippen LogP contribution in [0.5, 0.6) is 5.75 Å². The van der Waals surface area contributed by atoms with E-state index in [9.17, 15) is 9.59 Å². The first-order valence-electron chi connectivity index (χ1n) is 8.87. The van der Waals surface area contributed by atoms with Crippen LogP contribution in [0, 0.1) is 0 Å². The predicted octanol–water partition coefficient (Wildman–Crippen LogP) is 4.47. The van der Waals surface area contributed by atoms with Gasteiger partial charge in [-0.3, -0.25) is 9.69 Å². The number of fused-ring (bicyclic) bond motifs is 1. The van der Waals surface area contributed by atoms with E-state index in [-0.39, 0.29) is 12.5 Å². The molecule has 142 valence electrons. The fourth-order valence-corrected chi connectivity index (χ4v) is 3.73. The second kappa shape index (κ2) is 6.84. The number of ether oxygens (including phenoxy) is 1. The van der Waals surface area contributed by atoms with E-state index in [4.69, 9.17) is 16.3 Å². The molecule has 4 rings (SSSR count). The Labute approximate surface area is 167 Å². The molecule has 6 heteroatoms. The van der Waals surface area contributed by atoms with E-state index in [1.165, 1.54) is 4.90 Å². The predicted molar refractivity (Wildman–Crippen MR) is 108 cm³/mol. The van der Waals surface area contributed by atoms with Crippen molar-refractivity contribution in [3.05, 3.63) is 76.8 Å². The molecule has 0 saturated carbocycles. The molecule has 1 aliphatic rings. The number of nitrogens with zero attached hydrogens (tertiary/aromatic N) is 1. The Morgan fingerprint density at radius 1 is 1.04 bits per heavy atom. The zero-order valence-electron chi connectivity index (χ0n) is 15.5. The number of hydrogen-bond donors (Lipinski definition) is 1. The minimum atomic E-state index is -1.12. The number of methoxy groups -OCH3 is 1. The fourth-order valence-electron chi connectivity index (χ4n) is 3.52. The summed E-state index contributed by atoms with van der Waals surface area (Å²) in [6.07, 6.45) is 0. The summed E-state index contributed by atoms with van der Waals surface area (Å²) in [6.45, 7) is 1.90. The Kier molecular flexibility index (Phi) is 4.47. The van der Waals surface area contributed by atoms with Crippen LogP contribution in [0.25, 0.3) is 10.8 Å². The Bertz CT molecular complexity index is 1100. The van der Waals surface area contributed by atoms with Crippen molar-refractivity contribution in [3.8, 4) is 5.75 Å². The summed E-state index contributed by atoms with van der Waals surface area (Å²) in [7, 11) is 1.62. The zero-order valence-corrected chi connectivity index (χ0v) is 16.3. The van der Waals surface area contributed by atoms with Crippen LogP contribution in [-0.4, -0.2) is 23.9 Å². The van der Waals surface area contributed by atoms with E-state index in [0.717, 1.165) is 27.6 Å². The number of amides is 3. The summed E-state index contributed by atoms with van der Waals surface area (Å²) in [5, 5.41) is 5.38. The molecule has 1 fully saturated rings. The number of carbonyl (C=O) groups excluding carboxylic acids is 2. The molecular formula is C22H19ClN2O3. The molecule has 0 radical (unpaired) electrons. The van der Waals surface area contributed by atoms with E-state index >= 15 is 0 Å². The Balaban J connectivity index is 1.66. The van der Waals surface area contributed by atoms with Crippen LogP contribution >= 0.6 is 11.6 Å². The second-order valence-electron chi connectivity index (χ2n) is 7.00. The van der Waals surface area contributed by atoms with Crippen LogP contribution in [-0.2, 0) is 16.9 Å². The maximum atomic E-state index is 13.2. The van der Waals surface area contributed by atoms with E-state index in [1.54, 1.807) is 32.2 Å². The zero-order chi connectivity index (χ0) is 19.9. The summed E-state index contributed by atoms with van der Waals surface area (Å²) >= 11 is 6.02. The van der Waals surface area contributed by atoms with Gasteiger partial charge in [0.25, 0.3) is 5.91 Å². The standard InChI is InChI=1S/C22H19ClN2O3/c1-22(17-8-6-16-12-19(28-2)9-7-15(16)11-17)20(26)25(21(27)24-22)13-14-4-3-5-18(23)10-14/h3-12H,13H2,1-2H3,(H,24,27)/t22-/m0/s1. The number of carbonyl (C=O) groups is 2. The lowest BCUT2D eigenvalue weighted by molar-refractivity contribution is -0.131. The molecule has 0 bridgehead atoms. The van der Waals surface area contributed by atoms with Gasteiger partial charge in [0.1, 0.15) is 11.3 Å². The van der Waals surface area contributed by atoms with Crippen molar-refractivity contribution >= 4 is 34.3 Å². The van der Waals surface area contributed by atoms with E-state index in [0.29, 0.717) is 5.02 Å². The van der Waals surface area contributed by atoms with Crippen LogP contribution in [0.2, 0.25) is 5.02 Å². The summed E-state index contributed by atoms with van der Waals surface area (Å²) in [5.74, 6) is 0.481. The van der Waals surface area contributed by atoms with Gasteiger partial charge in [-0.15, -0.1) is 0 Å². The van der Waals surface area contributed by atoms with E-state index in [2.05, 4.69) is 5.32 Å². The first kappa shape index (κ1) is 18.3. The van der Waals surface area contributed by atoms with Gasteiger partial charge in [0.2, 0.25) is 0 Å².